The number of aryl methyl sites for hydroxylation is 1. The summed E-state index contributed by atoms with van der Waals surface area (Å²) in [6, 6.07) is 7.84. The number of ether oxygens (including phenoxy) is 2. The van der Waals surface area contributed by atoms with Crippen LogP contribution in [0.15, 0.2) is 65.8 Å². The van der Waals surface area contributed by atoms with Crippen molar-refractivity contribution < 1.29 is 28.2 Å². The van der Waals surface area contributed by atoms with Crippen LogP contribution >= 0.6 is 0 Å². The predicted octanol–water partition coefficient (Wildman–Crippen LogP) is 12.1. The van der Waals surface area contributed by atoms with Gasteiger partial charge in [-0.1, -0.05) is 123 Å². The quantitative estimate of drug-likeness (QED) is 0.0594. The van der Waals surface area contributed by atoms with E-state index in [1.165, 1.54) is 44.9 Å². The van der Waals surface area contributed by atoms with Gasteiger partial charge in [-0.3, -0.25) is 0 Å². The van der Waals surface area contributed by atoms with Crippen LogP contribution in [0.25, 0.3) is 5.57 Å². The highest BCUT2D eigenvalue weighted by Crippen LogP contribution is 2.37. The Balaban J connectivity index is 1.91. The summed E-state index contributed by atoms with van der Waals surface area (Å²) in [4.78, 5) is 11.8. The first-order chi connectivity index (χ1) is 24.0. The zero-order valence-electron chi connectivity index (χ0n) is 32.2. The summed E-state index contributed by atoms with van der Waals surface area (Å²) >= 11 is 0. The zero-order valence-corrected chi connectivity index (χ0v) is 32.2. The van der Waals surface area contributed by atoms with Gasteiger partial charge in [-0.2, -0.15) is 0 Å². The Labute approximate surface area is 303 Å². The second kappa shape index (κ2) is 24.6. The minimum Gasteiger partial charge on any atom is -0.462 e. The van der Waals surface area contributed by atoms with Crippen LogP contribution in [0.5, 0.6) is 0 Å². The monoisotopic (exact) mass is 699 g/mol. The van der Waals surface area contributed by atoms with Gasteiger partial charge >= 0.3 is 5.97 Å². The number of unbranched alkanes of at least 4 members (excludes halogenated alkanes) is 3. The molecule has 1 N–H and O–H groups in total. The van der Waals surface area contributed by atoms with Gasteiger partial charge in [0.05, 0.1) is 18.8 Å². The lowest BCUT2D eigenvalue weighted by atomic mass is 9.82. The molecule has 1 aliphatic carbocycles. The van der Waals surface area contributed by atoms with Crippen LogP contribution in [-0.4, -0.2) is 38.0 Å². The van der Waals surface area contributed by atoms with Crippen molar-refractivity contribution in [2.75, 3.05) is 26.9 Å². The summed E-state index contributed by atoms with van der Waals surface area (Å²) in [7, 11) is 1.68. The van der Waals surface area contributed by atoms with E-state index in [4.69, 9.17) is 14.6 Å². The van der Waals surface area contributed by atoms with E-state index in [1.807, 2.05) is 37.3 Å². The first-order valence-corrected chi connectivity index (χ1v) is 19.5. The largest absolute Gasteiger partial charge is 0.462 e. The van der Waals surface area contributed by atoms with Gasteiger partial charge < -0.3 is 14.6 Å². The van der Waals surface area contributed by atoms with Gasteiger partial charge in [-0.25, -0.2) is 13.6 Å². The normalized spacial score (nSPS) is 16.6. The fraction of sp³-hybridized carbons (Fsp3) is 0.659. The number of methoxy groups -OCH3 is 1. The number of aliphatic hydroxyl groups excluding tert-OH is 1. The average Bonchev–Trinajstić information content (AvgIpc) is 3.27. The number of rotatable bonds is 26. The van der Waals surface area contributed by atoms with Crippen molar-refractivity contribution >= 4 is 11.5 Å². The van der Waals surface area contributed by atoms with Crippen LogP contribution in [0, 0.1) is 29.6 Å². The number of carbonyl (C=O) groups is 1. The second-order valence-corrected chi connectivity index (χ2v) is 15.1. The van der Waals surface area contributed by atoms with E-state index in [0.717, 1.165) is 50.0 Å². The number of carbonyl (C=O) groups excluding carboxylic acids is 1. The highest BCUT2D eigenvalue weighted by Gasteiger charge is 2.23. The molecule has 0 radical (unpaired) electrons. The SMILES string of the molecule is C=C(CO)C(=O)OCCC(CCCc1ccc(C2=C(F)C(F)=C(C(C)CCC(C)C(C)CCC(C)CCCCCC)C=CC2)cc1)CCOC. The maximum Gasteiger partial charge on any atom is 0.335 e. The summed E-state index contributed by atoms with van der Waals surface area (Å²) in [6.07, 6.45) is 19.4. The molecule has 4 nitrogen and oxygen atoms in total. The summed E-state index contributed by atoms with van der Waals surface area (Å²) in [5.74, 6) is 0.230. The lowest BCUT2D eigenvalue weighted by molar-refractivity contribution is -0.139. The standard InChI is InChI=1S/C44H68F2O4/c1-8-9-10-11-14-32(2)19-20-33(3)34(4)21-22-35(5)40-17-13-18-41(43(46)42(40)45)39-25-23-37(24-26-39)15-12-16-38(27-29-49-7)28-30-50-44(48)36(6)31-47/h13,17,23-26,32-35,38,47H,6,8-12,14-16,18-22,27-31H2,1-5,7H3. The summed E-state index contributed by atoms with van der Waals surface area (Å²) in [6.45, 7) is 15.4. The van der Waals surface area contributed by atoms with Crippen molar-refractivity contribution in [2.24, 2.45) is 29.6 Å². The fourth-order valence-corrected chi connectivity index (χ4v) is 6.87. The Kier molecular flexibility index (Phi) is 21.4. The van der Waals surface area contributed by atoms with Gasteiger partial charge in [-0.15, -0.1) is 0 Å². The number of allylic oxidation sites excluding steroid dienone is 6. The molecular formula is C44H68F2O4. The topological polar surface area (TPSA) is 55.8 Å². The Hall–Kier alpha value is -2.57. The Bertz CT molecular complexity index is 1230. The van der Waals surface area contributed by atoms with Gasteiger partial charge in [-0.05, 0) is 97.7 Å². The summed E-state index contributed by atoms with van der Waals surface area (Å²) in [5.41, 5.74) is 2.79. The van der Waals surface area contributed by atoms with E-state index in [1.54, 1.807) is 13.2 Å². The molecule has 0 heterocycles. The van der Waals surface area contributed by atoms with Crippen molar-refractivity contribution in [1.29, 1.82) is 0 Å². The van der Waals surface area contributed by atoms with Crippen LogP contribution < -0.4 is 0 Å². The van der Waals surface area contributed by atoms with Gasteiger partial charge in [0, 0.05) is 19.3 Å². The predicted molar refractivity (Wildman–Crippen MR) is 205 cm³/mol. The highest BCUT2D eigenvalue weighted by atomic mass is 19.2. The van der Waals surface area contributed by atoms with Gasteiger partial charge in [0.1, 0.15) is 0 Å². The van der Waals surface area contributed by atoms with E-state index in [9.17, 15) is 4.79 Å². The third-order valence-corrected chi connectivity index (χ3v) is 10.9. The third-order valence-electron chi connectivity index (χ3n) is 10.9. The molecule has 5 unspecified atom stereocenters. The minimum atomic E-state index is -0.733. The average molecular weight is 699 g/mol. The Morgan fingerprint density at radius 3 is 2.18 bits per heavy atom. The van der Waals surface area contributed by atoms with Crippen LogP contribution in [-0.2, 0) is 20.7 Å². The third kappa shape index (κ3) is 15.8. The molecule has 1 aromatic rings. The molecule has 6 heteroatoms. The second-order valence-electron chi connectivity index (χ2n) is 15.1. The molecule has 0 spiro atoms. The number of esters is 1. The molecule has 1 aromatic carbocycles. The molecule has 282 valence electrons. The molecule has 0 bridgehead atoms. The first kappa shape index (κ1) is 43.6. The molecule has 0 saturated carbocycles. The number of halogens is 2. The summed E-state index contributed by atoms with van der Waals surface area (Å²) in [5, 5.41) is 9.05. The minimum absolute atomic E-state index is 0.0503. The van der Waals surface area contributed by atoms with Crippen LogP contribution in [0.4, 0.5) is 8.78 Å². The van der Waals surface area contributed by atoms with Crippen LogP contribution in [0.2, 0.25) is 0 Å². The van der Waals surface area contributed by atoms with Crippen LogP contribution in [0.1, 0.15) is 136 Å². The number of benzene rings is 1. The molecule has 2 rings (SSSR count). The van der Waals surface area contributed by atoms with E-state index in [2.05, 4.69) is 34.3 Å². The molecule has 50 heavy (non-hydrogen) atoms. The molecule has 5 atom stereocenters. The molecule has 0 fully saturated rings. The van der Waals surface area contributed by atoms with Crippen LogP contribution in [0.3, 0.4) is 0 Å². The van der Waals surface area contributed by atoms with Crippen molar-refractivity contribution in [3.63, 3.8) is 0 Å². The number of hydrogen-bond acceptors (Lipinski definition) is 4. The molecular weight excluding hydrogens is 630 g/mol. The van der Waals surface area contributed by atoms with Gasteiger partial charge in [0.15, 0.2) is 11.7 Å². The van der Waals surface area contributed by atoms with E-state index in [0.29, 0.717) is 53.9 Å². The van der Waals surface area contributed by atoms with Crippen molar-refractivity contribution in [2.45, 2.75) is 131 Å². The molecule has 0 amide bonds. The van der Waals surface area contributed by atoms with Crippen molar-refractivity contribution in [3.05, 3.63) is 76.9 Å². The smallest absolute Gasteiger partial charge is 0.335 e. The lowest BCUT2D eigenvalue weighted by Gasteiger charge is -2.23. The summed E-state index contributed by atoms with van der Waals surface area (Å²) < 4.78 is 41.9. The van der Waals surface area contributed by atoms with E-state index >= 15 is 8.78 Å². The van der Waals surface area contributed by atoms with Gasteiger partial charge in [0.25, 0.3) is 0 Å². The molecule has 1 aliphatic rings. The molecule has 0 aliphatic heterocycles. The number of hydrogen-bond donors (Lipinski definition) is 1. The first-order valence-electron chi connectivity index (χ1n) is 19.5. The number of aliphatic hydroxyl groups is 1. The van der Waals surface area contributed by atoms with Crippen molar-refractivity contribution in [1.82, 2.24) is 0 Å². The molecule has 0 saturated heterocycles. The van der Waals surface area contributed by atoms with Crippen molar-refractivity contribution in [3.8, 4) is 0 Å². The van der Waals surface area contributed by atoms with E-state index < -0.39 is 24.2 Å². The fourth-order valence-electron chi connectivity index (χ4n) is 6.87. The zero-order chi connectivity index (χ0) is 36.9. The Morgan fingerprint density at radius 2 is 1.52 bits per heavy atom. The maximum absolute atomic E-state index is 15.7. The lowest BCUT2D eigenvalue weighted by Crippen LogP contribution is -2.14. The Morgan fingerprint density at radius 1 is 0.840 bits per heavy atom. The highest BCUT2D eigenvalue weighted by molar-refractivity contribution is 5.87. The van der Waals surface area contributed by atoms with Gasteiger partial charge in [0.2, 0.25) is 0 Å². The maximum atomic E-state index is 15.7. The molecule has 0 aromatic heterocycles. The van der Waals surface area contributed by atoms with E-state index in [-0.39, 0.29) is 18.1 Å².